The van der Waals surface area contributed by atoms with E-state index < -0.39 is 0 Å². The minimum atomic E-state index is 1.06. The summed E-state index contributed by atoms with van der Waals surface area (Å²) in [5.74, 6) is 0. The minimum Gasteiger partial charge on any atom is -0.0619 e. The van der Waals surface area contributed by atoms with Crippen LogP contribution in [-0.2, 0) is 6.42 Å². The first-order valence-electron chi connectivity index (χ1n) is 7.51. The molecule has 0 saturated carbocycles. The van der Waals surface area contributed by atoms with Gasteiger partial charge in [-0.3, -0.25) is 0 Å². The fourth-order valence-corrected chi connectivity index (χ4v) is 3.45. The van der Waals surface area contributed by atoms with Crippen LogP contribution < -0.4 is 0 Å². The summed E-state index contributed by atoms with van der Waals surface area (Å²) in [5.41, 5.74) is 11.1. The molecule has 1 aliphatic rings. The summed E-state index contributed by atoms with van der Waals surface area (Å²) in [5, 5.41) is 0. The van der Waals surface area contributed by atoms with Crippen LogP contribution in [0.5, 0.6) is 0 Å². The number of rotatable bonds is 1. The molecule has 21 heavy (non-hydrogen) atoms. The van der Waals surface area contributed by atoms with Gasteiger partial charge in [0, 0.05) is 0 Å². The van der Waals surface area contributed by atoms with Crippen LogP contribution in [0.4, 0.5) is 0 Å². The average Bonchev–Trinajstić information content (AvgIpc) is 2.84. The molecule has 0 aliphatic heterocycles. The van der Waals surface area contributed by atoms with Crippen molar-refractivity contribution < 1.29 is 0 Å². The standard InChI is InChI=1S/C21H18/c1-14-7-9-19(15(2)11-14)17-8-10-21-18(13-17)12-16-5-3-4-6-20(16)21/h3-11,13H,12H2,1-2H3. The van der Waals surface area contributed by atoms with E-state index in [9.17, 15) is 0 Å². The van der Waals surface area contributed by atoms with Gasteiger partial charge in [0.15, 0.2) is 0 Å². The summed E-state index contributed by atoms with van der Waals surface area (Å²) in [7, 11) is 0. The Morgan fingerprint density at radius 3 is 2.29 bits per heavy atom. The molecule has 3 aromatic rings. The van der Waals surface area contributed by atoms with Gasteiger partial charge in [-0.1, -0.05) is 66.2 Å². The van der Waals surface area contributed by atoms with Crippen molar-refractivity contribution >= 4 is 0 Å². The van der Waals surface area contributed by atoms with Crippen molar-refractivity contribution in [3.05, 3.63) is 82.9 Å². The van der Waals surface area contributed by atoms with Gasteiger partial charge in [0.25, 0.3) is 0 Å². The van der Waals surface area contributed by atoms with Gasteiger partial charge in [-0.15, -0.1) is 0 Å². The summed E-state index contributed by atoms with van der Waals surface area (Å²) in [4.78, 5) is 0. The fourth-order valence-electron chi connectivity index (χ4n) is 3.45. The van der Waals surface area contributed by atoms with Crippen molar-refractivity contribution in [1.82, 2.24) is 0 Å². The highest BCUT2D eigenvalue weighted by Gasteiger charge is 2.18. The SMILES string of the molecule is Cc1ccc(-c2ccc3c(c2)Cc2ccccc2-3)c(C)c1. The van der Waals surface area contributed by atoms with Crippen LogP contribution in [0.1, 0.15) is 22.3 Å². The lowest BCUT2D eigenvalue weighted by atomic mass is 9.95. The largest absolute Gasteiger partial charge is 0.0619 e. The zero-order chi connectivity index (χ0) is 14.4. The number of benzene rings is 3. The third-order valence-electron chi connectivity index (χ3n) is 4.49. The van der Waals surface area contributed by atoms with E-state index in [0.29, 0.717) is 0 Å². The molecule has 4 rings (SSSR count). The summed E-state index contributed by atoms with van der Waals surface area (Å²) < 4.78 is 0. The predicted octanol–water partition coefficient (Wildman–Crippen LogP) is 5.54. The average molecular weight is 270 g/mol. The summed E-state index contributed by atoms with van der Waals surface area (Å²) in [6.07, 6.45) is 1.06. The van der Waals surface area contributed by atoms with Gasteiger partial charge in [-0.25, -0.2) is 0 Å². The Morgan fingerprint density at radius 2 is 1.43 bits per heavy atom. The smallest absolute Gasteiger partial charge is 0.00132 e. The van der Waals surface area contributed by atoms with Crippen LogP contribution >= 0.6 is 0 Å². The number of aryl methyl sites for hydroxylation is 2. The first-order valence-corrected chi connectivity index (χ1v) is 7.51. The monoisotopic (exact) mass is 270 g/mol. The molecule has 0 fully saturated rings. The molecule has 0 heterocycles. The molecule has 0 amide bonds. The van der Waals surface area contributed by atoms with Crippen LogP contribution in [0.3, 0.4) is 0 Å². The molecule has 102 valence electrons. The van der Waals surface area contributed by atoms with Crippen LogP contribution in [0, 0.1) is 13.8 Å². The highest BCUT2D eigenvalue weighted by molar-refractivity contribution is 5.80. The molecule has 0 bridgehead atoms. The van der Waals surface area contributed by atoms with Gasteiger partial charge in [-0.2, -0.15) is 0 Å². The molecule has 0 atom stereocenters. The maximum absolute atomic E-state index is 2.37. The molecule has 0 unspecified atom stereocenters. The first-order chi connectivity index (χ1) is 10.2. The molecule has 0 spiro atoms. The van der Waals surface area contributed by atoms with E-state index in [0.717, 1.165) is 6.42 Å². The second kappa shape index (κ2) is 4.60. The van der Waals surface area contributed by atoms with Gasteiger partial charge < -0.3 is 0 Å². The van der Waals surface area contributed by atoms with Crippen molar-refractivity contribution in [2.45, 2.75) is 20.3 Å². The van der Waals surface area contributed by atoms with Crippen molar-refractivity contribution in [2.75, 3.05) is 0 Å². The third-order valence-corrected chi connectivity index (χ3v) is 4.49. The number of fused-ring (bicyclic) bond motifs is 3. The lowest BCUT2D eigenvalue weighted by Crippen LogP contribution is -1.87. The van der Waals surface area contributed by atoms with Crippen molar-refractivity contribution in [2.24, 2.45) is 0 Å². The molecule has 0 saturated heterocycles. The highest BCUT2D eigenvalue weighted by Crippen LogP contribution is 2.38. The predicted molar refractivity (Wildman–Crippen MR) is 89.6 cm³/mol. The lowest BCUT2D eigenvalue weighted by Gasteiger charge is -2.09. The molecule has 0 radical (unpaired) electrons. The Morgan fingerprint density at radius 1 is 0.667 bits per heavy atom. The Kier molecular flexibility index (Phi) is 2.71. The quantitative estimate of drug-likeness (QED) is 0.426. The van der Waals surface area contributed by atoms with E-state index in [2.05, 4.69) is 74.5 Å². The zero-order valence-corrected chi connectivity index (χ0v) is 12.5. The molecule has 3 aromatic carbocycles. The Balaban J connectivity index is 1.83. The second-order valence-electron chi connectivity index (χ2n) is 6.02. The number of hydrogen-bond donors (Lipinski definition) is 0. The summed E-state index contributed by atoms with van der Waals surface area (Å²) in [6.45, 7) is 4.35. The maximum Gasteiger partial charge on any atom is -0.00132 e. The molecule has 0 nitrogen and oxygen atoms in total. The topological polar surface area (TPSA) is 0 Å². The molecule has 0 heteroatoms. The van der Waals surface area contributed by atoms with Crippen LogP contribution in [-0.4, -0.2) is 0 Å². The van der Waals surface area contributed by atoms with Gasteiger partial charge in [0.2, 0.25) is 0 Å². The summed E-state index contributed by atoms with van der Waals surface area (Å²) in [6, 6.07) is 22.4. The molecular weight excluding hydrogens is 252 g/mol. The van der Waals surface area contributed by atoms with E-state index in [1.165, 1.54) is 44.5 Å². The van der Waals surface area contributed by atoms with Crippen LogP contribution in [0.2, 0.25) is 0 Å². The first kappa shape index (κ1) is 12.4. The molecule has 1 aliphatic carbocycles. The Hall–Kier alpha value is -2.34. The van der Waals surface area contributed by atoms with E-state index in [-0.39, 0.29) is 0 Å². The minimum absolute atomic E-state index is 1.06. The fraction of sp³-hybridized carbons (Fsp3) is 0.143. The Labute approximate surface area is 126 Å². The van der Waals surface area contributed by atoms with Gasteiger partial charge >= 0.3 is 0 Å². The van der Waals surface area contributed by atoms with Crippen molar-refractivity contribution in [1.29, 1.82) is 0 Å². The van der Waals surface area contributed by atoms with Gasteiger partial charge in [-0.05, 0) is 59.2 Å². The maximum atomic E-state index is 2.37. The normalized spacial score (nSPS) is 12.1. The van der Waals surface area contributed by atoms with Crippen molar-refractivity contribution in [3.63, 3.8) is 0 Å². The van der Waals surface area contributed by atoms with E-state index in [4.69, 9.17) is 0 Å². The van der Waals surface area contributed by atoms with E-state index in [1.54, 1.807) is 0 Å². The zero-order valence-electron chi connectivity index (χ0n) is 12.5. The Bertz CT molecular complexity index is 840. The van der Waals surface area contributed by atoms with Gasteiger partial charge in [0.1, 0.15) is 0 Å². The molecule has 0 aromatic heterocycles. The van der Waals surface area contributed by atoms with E-state index >= 15 is 0 Å². The van der Waals surface area contributed by atoms with Gasteiger partial charge in [0.05, 0.1) is 0 Å². The lowest BCUT2D eigenvalue weighted by molar-refractivity contribution is 1.26. The third kappa shape index (κ3) is 1.99. The second-order valence-corrected chi connectivity index (χ2v) is 6.02. The molecular formula is C21H18. The van der Waals surface area contributed by atoms with Crippen LogP contribution in [0.25, 0.3) is 22.3 Å². The summed E-state index contributed by atoms with van der Waals surface area (Å²) >= 11 is 0. The number of hydrogen-bond acceptors (Lipinski definition) is 0. The molecule has 0 N–H and O–H groups in total. The van der Waals surface area contributed by atoms with E-state index in [1.807, 2.05) is 0 Å². The van der Waals surface area contributed by atoms with Crippen LogP contribution in [0.15, 0.2) is 60.7 Å². The highest BCUT2D eigenvalue weighted by atomic mass is 14.2. The van der Waals surface area contributed by atoms with Crippen molar-refractivity contribution in [3.8, 4) is 22.3 Å².